The minimum Gasteiger partial charge on any atom is -0.326 e. The Balaban J connectivity index is 1.80. The molecule has 1 aromatic carbocycles. The number of benzene rings is 1. The van der Waals surface area contributed by atoms with Crippen LogP contribution in [0.25, 0.3) is 0 Å². The zero-order chi connectivity index (χ0) is 12.3. The summed E-state index contributed by atoms with van der Waals surface area (Å²) in [4.78, 5) is 0. The first-order chi connectivity index (χ1) is 8.04. The molecule has 0 bridgehead atoms. The normalized spacial score (nSPS) is 15.0. The first-order valence-corrected chi connectivity index (χ1v) is 6.94. The summed E-state index contributed by atoms with van der Waals surface area (Å²) in [7, 11) is 0. The van der Waals surface area contributed by atoms with Crippen molar-refractivity contribution in [2.45, 2.75) is 64.3 Å². The summed E-state index contributed by atoms with van der Waals surface area (Å²) in [5, 5.41) is 0. The van der Waals surface area contributed by atoms with E-state index in [1.807, 2.05) is 0 Å². The average molecular weight is 231 g/mol. The second-order valence-corrected chi connectivity index (χ2v) is 6.15. The molecule has 17 heavy (non-hydrogen) atoms. The van der Waals surface area contributed by atoms with Gasteiger partial charge in [-0.1, -0.05) is 24.6 Å². The van der Waals surface area contributed by atoms with Gasteiger partial charge in [0.1, 0.15) is 0 Å². The molecule has 0 fully saturated rings. The number of unbranched alkanes of at least 4 members (excludes halogenated alkanes) is 1. The molecule has 0 atom stereocenters. The van der Waals surface area contributed by atoms with Crippen LogP contribution in [-0.4, -0.2) is 5.54 Å². The van der Waals surface area contributed by atoms with E-state index in [-0.39, 0.29) is 5.54 Å². The molecule has 94 valence electrons. The molecule has 2 N–H and O–H groups in total. The van der Waals surface area contributed by atoms with Crippen LogP contribution in [0.3, 0.4) is 0 Å². The lowest BCUT2D eigenvalue weighted by Gasteiger charge is -2.17. The summed E-state index contributed by atoms with van der Waals surface area (Å²) in [5.41, 5.74) is 10.7. The molecule has 0 aliphatic heterocycles. The molecular weight excluding hydrogens is 206 g/mol. The fourth-order valence-electron chi connectivity index (χ4n) is 2.69. The molecule has 1 heteroatoms. The fraction of sp³-hybridized carbons (Fsp3) is 0.625. The van der Waals surface area contributed by atoms with Crippen molar-refractivity contribution < 1.29 is 0 Å². The molecule has 1 aromatic rings. The maximum atomic E-state index is 5.99. The molecule has 1 nitrogen and oxygen atoms in total. The number of rotatable bonds is 5. The van der Waals surface area contributed by atoms with Crippen LogP contribution < -0.4 is 5.73 Å². The number of fused-ring (bicyclic) bond motifs is 1. The third-order valence-corrected chi connectivity index (χ3v) is 3.70. The summed E-state index contributed by atoms with van der Waals surface area (Å²) in [6.07, 6.45) is 8.76. The van der Waals surface area contributed by atoms with E-state index in [0.29, 0.717) is 0 Å². The Morgan fingerprint density at radius 3 is 2.65 bits per heavy atom. The zero-order valence-electron chi connectivity index (χ0n) is 11.3. The smallest absolute Gasteiger partial charge is 0.00970 e. The maximum absolute atomic E-state index is 5.99. The highest BCUT2D eigenvalue weighted by molar-refractivity contribution is 5.35. The Bertz CT molecular complexity index is 374. The molecule has 0 spiro atoms. The lowest BCUT2D eigenvalue weighted by Crippen LogP contribution is -2.31. The van der Waals surface area contributed by atoms with E-state index in [2.05, 4.69) is 32.0 Å². The number of hydrogen-bond acceptors (Lipinski definition) is 1. The van der Waals surface area contributed by atoms with Gasteiger partial charge < -0.3 is 5.73 Å². The van der Waals surface area contributed by atoms with E-state index in [1.165, 1.54) is 44.1 Å². The second-order valence-electron chi connectivity index (χ2n) is 6.15. The Kier molecular flexibility index (Phi) is 3.88. The zero-order valence-corrected chi connectivity index (χ0v) is 11.3. The molecular formula is C16H25N. The number of aryl methyl sites for hydroxylation is 3. The highest BCUT2D eigenvalue weighted by Gasteiger charge is 2.11. The van der Waals surface area contributed by atoms with Gasteiger partial charge in [-0.2, -0.15) is 0 Å². The van der Waals surface area contributed by atoms with Crippen LogP contribution in [0.5, 0.6) is 0 Å². The Labute approximate surface area is 105 Å². The van der Waals surface area contributed by atoms with Crippen LogP contribution in [0.2, 0.25) is 0 Å². The molecule has 0 heterocycles. The van der Waals surface area contributed by atoms with E-state index in [1.54, 1.807) is 11.1 Å². The van der Waals surface area contributed by atoms with Gasteiger partial charge in [0.2, 0.25) is 0 Å². The summed E-state index contributed by atoms with van der Waals surface area (Å²) in [5.74, 6) is 0. The topological polar surface area (TPSA) is 26.0 Å². The van der Waals surface area contributed by atoms with Gasteiger partial charge in [-0.25, -0.2) is 0 Å². The van der Waals surface area contributed by atoms with Crippen molar-refractivity contribution in [2.75, 3.05) is 0 Å². The molecule has 1 aliphatic rings. The van der Waals surface area contributed by atoms with Gasteiger partial charge in [0.05, 0.1) is 0 Å². The van der Waals surface area contributed by atoms with Gasteiger partial charge in [0.15, 0.2) is 0 Å². The van der Waals surface area contributed by atoms with Crippen LogP contribution >= 0.6 is 0 Å². The van der Waals surface area contributed by atoms with Crippen molar-refractivity contribution in [3.8, 4) is 0 Å². The monoisotopic (exact) mass is 231 g/mol. The van der Waals surface area contributed by atoms with Crippen LogP contribution in [0.1, 0.15) is 56.2 Å². The van der Waals surface area contributed by atoms with Gasteiger partial charge in [-0.3, -0.25) is 0 Å². The minimum atomic E-state index is -0.00205. The van der Waals surface area contributed by atoms with Crippen LogP contribution in [0.15, 0.2) is 18.2 Å². The van der Waals surface area contributed by atoms with Crippen molar-refractivity contribution in [2.24, 2.45) is 5.73 Å². The standard InChI is InChI=1S/C16H25N/c1-16(2,17)11-4-3-6-13-9-10-14-7-5-8-15(14)12-13/h9-10,12H,3-8,11,17H2,1-2H3. The van der Waals surface area contributed by atoms with Crippen LogP contribution in [0, 0.1) is 0 Å². The van der Waals surface area contributed by atoms with E-state index >= 15 is 0 Å². The third kappa shape index (κ3) is 3.85. The van der Waals surface area contributed by atoms with Crippen molar-refractivity contribution in [1.29, 1.82) is 0 Å². The number of hydrogen-bond donors (Lipinski definition) is 1. The van der Waals surface area contributed by atoms with Gasteiger partial charge >= 0.3 is 0 Å². The molecule has 1 aliphatic carbocycles. The molecule has 0 aromatic heterocycles. The van der Waals surface area contributed by atoms with Crippen molar-refractivity contribution in [3.63, 3.8) is 0 Å². The predicted octanol–water partition coefficient (Wildman–Crippen LogP) is 3.63. The van der Waals surface area contributed by atoms with Crippen LogP contribution in [0.4, 0.5) is 0 Å². The SMILES string of the molecule is CC(C)(N)CCCCc1ccc2c(c1)CCC2. The molecule has 0 saturated heterocycles. The van der Waals surface area contributed by atoms with Crippen molar-refractivity contribution in [1.82, 2.24) is 0 Å². The third-order valence-electron chi connectivity index (χ3n) is 3.70. The highest BCUT2D eigenvalue weighted by atomic mass is 14.7. The summed E-state index contributed by atoms with van der Waals surface area (Å²) < 4.78 is 0. The molecule has 0 saturated carbocycles. The van der Waals surface area contributed by atoms with E-state index in [9.17, 15) is 0 Å². The quantitative estimate of drug-likeness (QED) is 0.769. The Hall–Kier alpha value is -0.820. The largest absolute Gasteiger partial charge is 0.326 e. The van der Waals surface area contributed by atoms with E-state index in [0.717, 1.165) is 6.42 Å². The summed E-state index contributed by atoms with van der Waals surface area (Å²) in [6.45, 7) is 4.23. The molecule has 0 unspecified atom stereocenters. The van der Waals surface area contributed by atoms with Crippen molar-refractivity contribution >= 4 is 0 Å². The van der Waals surface area contributed by atoms with Gasteiger partial charge in [-0.05, 0) is 69.1 Å². The summed E-state index contributed by atoms with van der Waals surface area (Å²) in [6, 6.07) is 7.08. The Morgan fingerprint density at radius 1 is 1.12 bits per heavy atom. The summed E-state index contributed by atoms with van der Waals surface area (Å²) >= 11 is 0. The predicted molar refractivity (Wildman–Crippen MR) is 74.3 cm³/mol. The van der Waals surface area contributed by atoms with E-state index in [4.69, 9.17) is 5.73 Å². The molecule has 2 rings (SSSR count). The fourth-order valence-corrected chi connectivity index (χ4v) is 2.69. The average Bonchev–Trinajstić information content (AvgIpc) is 2.70. The van der Waals surface area contributed by atoms with Gasteiger partial charge in [0.25, 0.3) is 0 Å². The number of nitrogens with two attached hydrogens (primary N) is 1. The van der Waals surface area contributed by atoms with E-state index < -0.39 is 0 Å². The second kappa shape index (κ2) is 5.22. The molecule has 0 amide bonds. The first-order valence-electron chi connectivity index (χ1n) is 6.94. The Morgan fingerprint density at radius 2 is 1.88 bits per heavy atom. The van der Waals surface area contributed by atoms with Gasteiger partial charge in [-0.15, -0.1) is 0 Å². The van der Waals surface area contributed by atoms with Crippen LogP contribution in [-0.2, 0) is 19.3 Å². The maximum Gasteiger partial charge on any atom is 0.00970 e. The first kappa shape index (κ1) is 12.6. The van der Waals surface area contributed by atoms with Gasteiger partial charge in [0, 0.05) is 5.54 Å². The molecule has 0 radical (unpaired) electrons. The lowest BCUT2D eigenvalue weighted by atomic mass is 9.96. The lowest BCUT2D eigenvalue weighted by molar-refractivity contribution is 0.450. The highest BCUT2D eigenvalue weighted by Crippen LogP contribution is 2.23. The van der Waals surface area contributed by atoms with Crippen molar-refractivity contribution in [3.05, 3.63) is 34.9 Å². The minimum absolute atomic E-state index is 0.00205.